The van der Waals surface area contributed by atoms with Crippen LogP contribution in [-0.2, 0) is 0 Å². The third kappa shape index (κ3) is 6.36. The van der Waals surface area contributed by atoms with Gasteiger partial charge in [0.15, 0.2) is 0 Å². The van der Waals surface area contributed by atoms with Gasteiger partial charge in [0, 0.05) is 33.3 Å². The molecule has 1 aromatic carbocycles. The lowest BCUT2D eigenvalue weighted by atomic mass is 10.1. The Morgan fingerprint density at radius 1 is 1.12 bits per heavy atom. The number of aromatic nitrogens is 3. The number of rotatable bonds is 11. The van der Waals surface area contributed by atoms with Gasteiger partial charge >= 0.3 is 0 Å². The van der Waals surface area contributed by atoms with Crippen LogP contribution < -0.4 is 25.2 Å². The first-order valence-electron chi connectivity index (χ1n) is 11.6. The number of benzene rings is 1. The molecule has 0 radical (unpaired) electrons. The number of hydrogen-bond donors (Lipinski definition) is 2. The minimum Gasteiger partial charge on any atom is -0.495 e. The van der Waals surface area contributed by atoms with Crippen LogP contribution in [0.15, 0.2) is 18.2 Å². The number of piperidine rings is 1. The molecular formula is C23H38ClN7O. The van der Waals surface area contributed by atoms with E-state index in [9.17, 15) is 0 Å². The Hall–Kier alpha value is -2.32. The maximum atomic E-state index is 6.32. The summed E-state index contributed by atoms with van der Waals surface area (Å²) in [6.45, 7) is 8.25. The van der Waals surface area contributed by atoms with Gasteiger partial charge in [0.1, 0.15) is 5.75 Å². The average Bonchev–Trinajstić information content (AvgIpc) is 2.81. The minimum absolute atomic E-state index is 0. The molecule has 1 saturated heterocycles. The van der Waals surface area contributed by atoms with E-state index >= 15 is 0 Å². The van der Waals surface area contributed by atoms with Crippen LogP contribution in [0, 0.1) is 0 Å². The Bertz CT molecular complexity index is 846. The Kier molecular flexibility index (Phi) is 9.17. The van der Waals surface area contributed by atoms with Gasteiger partial charge in [-0.1, -0.05) is 31.9 Å². The quantitative estimate of drug-likeness (QED) is 0.495. The fourth-order valence-corrected chi connectivity index (χ4v) is 4.13. The van der Waals surface area contributed by atoms with Crippen LogP contribution in [0.5, 0.6) is 5.75 Å². The Labute approximate surface area is 198 Å². The van der Waals surface area contributed by atoms with Crippen molar-refractivity contribution in [3.63, 3.8) is 0 Å². The van der Waals surface area contributed by atoms with Crippen molar-refractivity contribution in [2.24, 2.45) is 0 Å². The van der Waals surface area contributed by atoms with Crippen LogP contribution in [0.25, 0.3) is 0 Å². The summed E-state index contributed by atoms with van der Waals surface area (Å²) in [5, 5.41) is 7.28. The zero-order chi connectivity index (χ0) is 22.9. The topological polar surface area (TPSA) is 78.4 Å². The van der Waals surface area contributed by atoms with Gasteiger partial charge in [0.05, 0.1) is 12.1 Å². The van der Waals surface area contributed by atoms with Crippen molar-refractivity contribution in [1.82, 2.24) is 20.3 Å². The second-order valence-electron chi connectivity index (χ2n) is 8.17. The molecule has 3 rings (SSSR count). The Morgan fingerprint density at radius 2 is 1.88 bits per heavy atom. The highest BCUT2D eigenvalue weighted by Gasteiger charge is 2.22. The fourth-order valence-electron chi connectivity index (χ4n) is 3.87. The molecule has 2 heterocycles. The maximum absolute atomic E-state index is 6.32. The summed E-state index contributed by atoms with van der Waals surface area (Å²) < 4.78 is 5.26. The molecule has 178 valence electrons. The molecule has 1 aliphatic heterocycles. The van der Waals surface area contributed by atoms with Gasteiger partial charge in [-0.2, -0.15) is 15.0 Å². The number of halogens is 1. The summed E-state index contributed by atoms with van der Waals surface area (Å²) in [6, 6.07) is 5.97. The molecular weight excluding hydrogens is 426 g/mol. The van der Waals surface area contributed by atoms with E-state index in [1.54, 1.807) is 7.11 Å². The molecule has 0 bridgehead atoms. The molecule has 2 aromatic rings. The van der Waals surface area contributed by atoms with Crippen molar-refractivity contribution in [3.05, 3.63) is 23.2 Å². The monoisotopic (exact) mass is 463 g/mol. The summed E-state index contributed by atoms with van der Waals surface area (Å²) in [5.41, 5.74) is 0.805. The van der Waals surface area contributed by atoms with E-state index in [2.05, 4.69) is 41.3 Å². The average molecular weight is 464 g/mol. The summed E-state index contributed by atoms with van der Waals surface area (Å²) in [6.07, 6.45) is 5.40. The highest BCUT2D eigenvalue weighted by molar-refractivity contribution is 6.32. The summed E-state index contributed by atoms with van der Waals surface area (Å²) in [7, 11) is 3.69. The number of methoxy groups -OCH3 is 1. The number of nitrogens with zero attached hydrogens (tertiary/aromatic N) is 5. The van der Waals surface area contributed by atoms with Crippen LogP contribution in [-0.4, -0.2) is 61.3 Å². The van der Waals surface area contributed by atoms with Crippen LogP contribution in [0.1, 0.15) is 47.4 Å². The zero-order valence-corrected chi connectivity index (χ0v) is 20.5. The molecule has 0 amide bonds. The normalized spacial score (nSPS) is 14.3. The highest BCUT2D eigenvalue weighted by Crippen LogP contribution is 2.29. The zero-order valence-electron chi connectivity index (χ0n) is 19.7. The van der Waals surface area contributed by atoms with Crippen LogP contribution in [0.2, 0.25) is 5.02 Å². The predicted molar refractivity (Wildman–Crippen MR) is 135 cm³/mol. The number of nitrogens with one attached hydrogen (secondary N) is 2. The molecule has 0 atom stereocenters. The number of unbranched alkanes of at least 4 members (excludes halogenated alkanes) is 1. The molecule has 1 fully saturated rings. The molecule has 8 nitrogen and oxygen atoms in total. The third-order valence-corrected chi connectivity index (χ3v) is 6.04. The van der Waals surface area contributed by atoms with E-state index in [1.165, 1.54) is 0 Å². The summed E-state index contributed by atoms with van der Waals surface area (Å²) in [4.78, 5) is 18.9. The molecule has 0 unspecified atom stereocenters. The van der Waals surface area contributed by atoms with Gasteiger partial charge in [0.25, 0.3) is 0 Å². The van der Waals surface area contributed by atoms with E-state index in [-0.39, 0.29) is 1.43 Å². The molecule has 1 aliphatic rings. The molecule has 2 N–H and O–H groups in total. The van der Waals surface area contributed by atoms with Gasteiger partial charge in [-0.05, 0) is 57.0 Å². The molecule has 0 spiro atoms. The van der Waals surface area contributed by atoms with E-state index in [4.69, 9.17) is 31.3 Å². The van der Waals surface area contributed by atoms with Gasteiger partial charge in [-0.15, -0.1) is 0 Å². The summed E-state index contributed by atoms with van der Waals surface area (Å²) in [5.74, 6) is 2.56. The van der Waals surface area contributed by atoms with Crippen molar-refractivity contribution in [3.8, 4) is 5.75 Å². The van der Waals surface area contributed by atoms with Crippen LogP contribution in [0.3, 0.4) is 0 Å². The maximum Gasteiger partial charge on any atom is 0.233 e. The Morgan fingerprint density at radius 3 is 2.53 bits per heavy atom. The minimum atomic E-state index is 0. The fraction of sp³-hybridized carbons (Fsp3) is 0.609. The lowest BCUT2D eigenvalue weighted by Gasteiger charge is -2.32. The second kappa shape index (κ2) is 12.1. The van der Waals surface area contributed by atoms with E-state index in [1.807, 2.05) is 18.2 Å². The SMILES string of the molecule is CCCCN(CCC)c1nc(Nc2ccc(OC)c(Cl)c2)nc(N(C)C2CCNCC2)n1.[HH]. The van der Waals surface area contributed by atoms with Gasteiger partial charge < -0.3 is 25.2 Å². The Balaban J connectivity index is 0.00000385. The largest absolute Gasteiger partial charge is 0.495 e. The van der Waals surface area contributed by atoms with E-state index in [0.717, 1.165) is 64.0 Å². The third-order valence-electron chi connectivity index (χ3n) is 5.75. The smallest absolute Gasteiger partial charge is 0.233 e. The van der Waals surface area contributed by atoms with Crippen LogP contribution >= 0.6 is 11.6 Å². The van der Waals surface area contributed by atoms with Crippen molar-refractivity contribution in [2.45, 2.75) is 52.0 Å². The van der Waals surface area contributed by atoms with Crippen molar-refractivity contribution in [2.75, 3.05) is 55.5 Å². The summed E-state index contributed by atoms with van der Waals surface area (Å²) >= 11 is 6.32. The molecule has 0 aliphatic carbocycles. The van der Waals surface area contributed by atoms with Crippen LogP contribution in [0.4, 0.5) is 23.5 Å². The van der Waals surface area contributed by atoms with Gasteiger partial charge in [-0.25, -0.2) is 0 Å². The number of ether oxygens (including phenoxy) is 1. The first-order chi connectivity index (χ1) is 15.5. The van der Waals surface area contributed by atoms with Gasteiger partial charge in [-0.3, -0.25) is 0 Å². The molecule has 9 heteroatoms. The lowest BCUT2D eigenvalue weighted by Crippen LogP contribution is -2.42. The lowest BCUT2D eigenvalue weighted by molar-refractivity contribution is 0.415. The second-order valence-corrected chi connectivity index (χ2v) is 8.57. The number of hydrogen-bond acceptors (Lipinski definition) is 8. The van der Waals surface area contributed by atoms with E-state index < -0.39 is 0 Å². The number of anilines is 4. The predicted octanol–water partition coefficient (Wildman–Crippen LogP) is 4.73. The first-order valence-corrected chi connectivity index (χ1v) is 12.0. The highest BCUT2D eigenvalue weighted by atomic mass is 35.5. The van der Waals surface area contributed by atoms with Crippen molar-refractivity contribution < 1.29 is 6.16 Å². The molecule has 0 saturated carbocycles. The molecule has 32 heavy (non-hydrogen) atoms. The van der Waals surface area contributed by atoms with E-state index in [0.29, 0.717) is 34.7 Å². The van der Waals surface area contributed by atoms with Gasteiger partial charge in [0.2, 0.25) is 17.8 Å². The van der Waals surface area contributed by atoms with Crippen molar-refractivity contribution >= 4 is 35.1 Å². The van der Waals surface area contributed by atoms with Crippen molar-refractivity contribution in [1.29, 1.82) is 0 Å². The first kappa shape index (κ1) is 24.3. The molecule has 1 aromatic heterocycles. The standard InChI is InChI=1S/C23H36ClN7O.H2/c1-5-7-15-31(14-6-2)23-28-21(26-17-8-9-20(32-4)19(24)16-17)27-22(29-23)30(3)18-10-12-25-13-11-18;/h8-9,16,18,25H,5-7,10-15H2,1-4H3,(H,26,27,28,29);1H.